The fourth-order valence-corrected chi connectivity index (χ4v) is 1.60. The van der Waals surface area contributed by atoms with Crippen LogP contribution in [0.4, 0.5) is 0 Å². The van der Waals surface area contributed by atoms with E-state index in [0.717, 1.165) is 10.6 Å². The Hall–Kier alpha value is -0.105. The first-order chi connectivity index (χ1) is 6.89. The van der Waals surface area contributed by atoms with Crippen LogP contribution in [0.3, 0.4) is 0 Å². The van der Waals surface area contributed by atoms with Crippen LogP contribution in [-0.4, -0.2) is 35.6 Å². The molecule has 0 amide bonds. The normalized spacial score (nSPS) is 13.1. The van der Waals surface area contributed by atoms with Gasteiger partial charge in [0.2, 0.25) is 0 Å². The zero-order valence-electron chi connectivity index (χ0n) is 9.38. The molecule has 0 aromatic heterocycles. The first kappa shape index (κ1) is 14.9. The van der Waals surface area contributed by atoms with E-state index >= 15 is 0 Å². The number of esters is 1. The molecule has 0 bridgehead atoms. The van der Waals surface area contributed by atoms with Gasteiger partial charge in [-0.15, -0.1) is 0 Å². The van der Waals surface area contributed by atoms with Crippen LogP contribution in [0.15, 0.2) is 0 Å². The average Bonchev–Trinajstić information content (AvgIpc) is 2.09. The van der Waals surface area contributed by atoms with Crippen LogP contribution in [0, 0.1) is 0 Å². The van der Waals surface area contributed by atoms with Crippen molar-refractivity contribution in [3.05, 3.63) is 0 Å². The highest BCUT2D eigenvalue weighted by Crippen LogP contribution is 2.09. The van der Waals surface area contributed by atoms with Gasteiger partial charge >= 0.3 is 5.97 Å². The SMILES string of the molecule is CC(C)(C)OC(=O)C[C@H](CI)NBC=O. The van der Waals surface area contributed by atoms with E-state index in [-0.39, 0.29) is 19.4 Å². The van der Waals surface area contributed by atoms with Crippen molar-refractivity contribution in [1.29, 1.82) is 0 Å². The van der Waals surface area contributed by atoms with Crippen LogP contribution in [0.25, 0.3) is 0 Å². The first-order valence-electron chi connectivity index (χ1n) is 4.84. The fraction of sp³-hybridized carbons (Fsp3) is 0.778. The highest BCUT2D eigenvalue weighted by molar-refractivity contribution is 14.1. The topological polar surface area (TPSA) is 55.4 Å². The molecular formula is C9H17BINO3. The first-order valence-corrected chi connectivity index (χ1v) is 6.36. The van der Waals surface area contributed by atoms with Crippen molar-refractivity contribution < 1.29 is 14.3 Å². The molecule has 0 unspecified atom stereocenters. The van der Waals surface area contributed by atoms with Crippen molar-refractivity contribution in [2.24, 2.45) is 0 Å². The number of carbonyl (C=O) groups is 2. The second-order valence-electron chi connectivity index (χ2n) is 4.22. The molecular weight excluding hydrogens is 308 g/mol. The van der Waals surface area contributed by atoms with Gasteiger partial charge in [-0.1, -0.05) is 22.6 Å². The Labute approximate surface area is 105 Å². The summed E-state index contributed by atoms with van der Waals surface area (Å²) in [5.74, 6) is -0.234. The maximum atomic E-state index is 11.4. The second-order valence-corrected chi connectivity index (χ2v) is 5.10. The maximum absolute atomic E-state index is 11.4. The van der Waals surface area contributed by atoms with Crippen molar-refractivity contribution in [1.82, 2.24) is 5.23 Å². The molecule has 0 rings (SSSR count). The molecule has 4 nitrogen and oxygen atoms in total. The molecule has 0 aliphatic heterocycles. The molecule has 0 aromatic carbocycles. The lowest BCUT2D eigenvalue weighted by Gasteiger charge is -2.21. The number of carbonyl (C=O) groups excluding carboxylic acids is 2. The highest BCUT2D eigenvalue weighted by atomic mass is 127. The molecule has 0 aromatic rings. The minimum atomic E-state index is -0.447. The van der Waals surface area contributed by atoms with Gasteiger partial charge in [0.25, 0.3) is 7.41 Å². The molecule has 0 radical (unpaired) electrons. The third kappa shape index (κ3) is 8.86. The van der Waals surface area contributed by atoms with Crippen LogP contribution < -0.4 is 5.23 Å². The van der Waals surface area contributed by atoms with Crippen LogP contribution in [0.2, 0.25) is 0 Å². The maximum Gasteiger partial charge on any atom is 0.307 e. The molecule has 0 saturated heterocycles. The molecule has 0 heterocycles. The van der Waals surface area contributed by atoms with Crippen LogP contribution >= 0.6 is 22.6 Å². The lowest BCUT2D eigenvalue weighted by atomic mass is 9.96. The van der Waals surface area contributed by atoms with Gasteiger partial charge in [-0.25, -0.2) is 0 Å². The van der Waals surface area contributed by atoms with Crippen molar-refractivity contribution in [2.75, 3.05) is 4.43 Å². The Morgan fingerprint density at radius 1 is 1.60 bits per heavy atom. The van der Waals surface area contributed by atoms with Gasteiger partial charge < -0.3 is 14.8 Å². The lowest BCUT2D eigenvalue weighted by Crippen LogP contribution is -2.38. The quantitative estimate of drug-likeness (QED) is 0.256. The van der Waals surface area contributed by atoms with Gasteiger partial charge in [-0.2, -0.15) is 0 Å². The number of alkyl halides is 1. The van der Waals surface area contributed by atoms with E-state index in [2.05, 4.69) is 27.8 Å². The Morgan fingerprint density at radius 2 is 2.20 bits per heavy atom. The van der Waals surface area contributed by atoms with Gasteiger partial charge in [0.1, 0.15) is 5.60 Å². The predicted molar refractivity (Wildman–Crippen MR) is 70.2 cm³/mol. The van der Waals surface area contributed by atoms with Gasteiger partial charge in [0.15, 0.2) is 0 Å². The number of ether oxygens (including phenoxy) is 1. The summed E-state index contributed by atoms with van der Waals surface area (Å²) in [5, 5.41) is 2.96. The Kier molecular flexibility index (Phi) is 7.16. The zero-order chi connectivity index (χ0) is 11.9. The monoisotopic (exact) mass is 325 g/mol. The molecule has 0 saturated carbocycles. The number of hydrogen-bond donors (Lipinski definition) is 1. The predicted octanol–water partition coefficient (Wildman–Crippen LogP) is 0.653. The van der Waals surface area contributed by atoms with E-state index in [0.29, 0.717) is 6.42 Å². The summed E-state index contributed by atoms with van der Waals surface area (Å²) in [6.07, 6.45) is 1.09. The van der Waals surface area contributed by atoms with Gasteiger partial charge in [-0.05, 0) is 20.8 Å². The highest BCUT2D eigenvalue weighted by Gasteiger charge is 2.19. The summed E-state index contributed by atoms with van der Waals surface area (Å²) in [6.45, 7) is 5.51. The number of nitrogens with one attached hydrogen (secondary N) is 1. The number of rotatable bonds is 6. The number of halogens is 1. The van der Waals surface area contributed by atoms with Gasteiger partial charge in [0, 0.05) is 10.5 Å². The van der Waals surface area contributed by atoms with Crippen molar-refractivity contribution in [3.8, 4) is 0 Å². The van der Waals surface area contributed by atoms with E-state index in [1.165, 1.54) is 0 Å². The fourth-order valence-electron chi connectivity index (χ4n) is 0.980. The van der Waals surface area contributed by atoms with E-state index in [1.54, 1.807) is 0 Å². The molecule has 0 aliphatic carbocycles. The summed E-state index contributed by atoms with van der Waals surface area (Å²) >= 11 is 2.17. The molecule has 6 heteroatoms. The molecule has 1 N–H and O–H groups in total. The van der Waals surface area contributed by atoms with Crippen molar-refractivity contribution >= 4 is 42.2 Å². The zero-order valence-corrected chi connectivity index (χ0v) is 11.5. The molecule has 1 atom stereocenters. The van der Waals surface area contributed by atoms with Crippen molar-refractivity contribution in [3.63, 3.8) is 0 Å². The molecule has 15 heavy (non-hydrogen) atoms. The van der Waals surface area contributed by atoms with Crippen LogP contribution in [0.5, 0.6) is 0 Å². The molecule has 0 aliphatic rings. The summed E-state index contributed by atoms with van der Waals surface area (Å²) in [5.41, 5.74) is -0.447. The standard InChI is InChI=1S/C9H17BINO3/c1-9(2,3)15-8(14)4-7(5-11)12-10-6-13/h6-7,10,12H,4-5H2,1-3H3/t7-/m1/s1. The van der Waals surface area contributed by atoms with E-state index < -0.39 is 5.60 Å². The smallest absolute Gasteiger partial charge is 0.307 e. The minimum absolute atomic E-state index is 0.00523. The van der Waals surface area contributed by atoms with E-state index in [4.69, 9.17) is 4.74 Å². The number of hydrogen-bond acceptors (Lipinski definition) is 4. The summed E-state index contributed by atoms with van der Waals surface area (Å²) in [7, 11) is 0.274. The summed E-state index contributed by atoms with van der Waals surface area (Å²) in [4.78, 5) is 21.6. The Bertz CT molecular complexity index is 218. The molecule has 86 valence electrons. The third-order valence-corrected chi connectivity index (χ3v) is 2.57. The van der Waals surface area contributed by atoms with E-state index in [9.17, 15) is 9.59 Å². The Balaban J connectivity index is 3.95. The van der Waals surface area contributed by atoms with Gasteiger partial charge in [-0.3, -0.25) is 4.79 Å². The Morgan fingerprint density at radius 3 is 2.60 bits per heavy atom. The largest absolute Gasteiger partial charge is 0.460 e. The minimum Gasteiger partial charge on any atom is -0.460 e. The lowest BCUT2D eigenvalue weighted by molar-refractivity contribution is -0.155. The average molecular weight is 325 g/mol. The van der Waals surface area contributed by atoms with Crippen LogP contribution in [-0.2, 0) is 14.3 Å². The second kappa shape index (κ2) is 7.21. The third-order valence-electron chi connectivity index (χ3n) is 1.51. The summed E-state index contributed by atoms with van der Waals surface area (Å²) < 4.78 is 5.95. The molecule has 0 spiro atoms. The van der Waals surface area contributed by atoms with Crippen molar-refractivity contribution in [2.45, 2.75) is 38.8 Å². The summed E-state index contributed by atoms with van der Waals surface area (Å²) in [6, 6.07) is 0.00523. The van der Waals surface area contributed by atoms with Gasteiger partial charge in [0.05, 0.1) is 12.6 Å². The molecule has 0 fully saturated rings. The van der Waals surface area contributed by atoms with E-state index in [1.807, 2.05) is 20.8 Å². The van der Waals surface area contributed by atoms with Crippen LogP contribution in [0.1, 0.15) is 27.2 Å².